The third kappa shape index (κ3) is 5.12. The predicted octanol–water partition coefficient (Wildman–Crippen LogP) is 3.71. The number of carbonyl (C=O) groups excluding carboxylic acids is 2. The molecule has 33 heavy (non-hydrogen) atoms. The molecule has 1 aliphatic rings. The first-order chi connectivity index (χ1) is 16.0. The Labute approximate surface area is 197 Å². The van der Waals surface area contributed by atoms with E-state index in [0.29, 0.717) is 36.7 Å². The van der Waals surface area contributed by atoms with Gasteiger partial charge in [0.1, 0.15) is 5.69 Å². The van der Waals surface area contributed by atoms with Crippen LogP contribution in [0, 0.1) is 25.7 Å². The number of aryl methyl sites for hydroxylation is 2. The van der Waals surface area contributed by atoms with Gasteiger partial charge in [-0.1, -0.05) is 12.8 Å². The van der Waals surface area contributed by atoms with E-state index < -0.39 is 0 Å². The molecule has 0 bridgehead atoms. The number of carbonyl (C=O) groups is 2. The third-order valence-corrected chi connectivity index (χ3v) is 6.51. The van der Waals surface area contributed by atoms with Crippen LogP contribution in [0.25, 0.3) is 5.82 Å². The Morgan fingerprint density at radius 2 is 2.06 bits per heavy atom. The van der Waals surface area contributed by atoms with Crippen molar-refractivity contribution >= 4 is 28.8 Å². The molecule has 8 nitrogen and oxygen atoms in total. The number of amides is 2. The van der Waals surface area contributed by atoms with Crippen molar-refractivity contribution in [2.45, 2.75) is 46.0 Å². The van der Waals surface area contributed by atoms with E-state index in [2.05, 4.69) is 32.2 Å². The number of nitrogens with one attached hydrogen (secondary N) is 1. The van der Waals surface area contributed by atoms with Crippen LogP contribution in [0.4, 0.5) is 5.69 Å². The molecule has 3 aromatic heterocycles. The van der Waals surface area contributed by atoms with Crippen LogP contribution in [0.15, 0.2) is 29.8 Å². The largest absolute Gasteiger partial charge is 0.332 e. The molecule has 1 saturated heterocycles. The van der Waals surface area contributed by atoms with Crippen LogP contribution in [0.2, 0.25) is 0 Å². The van der Waals surface area contributed by atoms with Gasteiger partial charge < -0.3 is 10.2 Å². The normalized spacial score (nSPS) is 14.0. The highest BCUT2D eigenvalue weighted by Crippen LogP contribution is 2.30. The quantitative estimate of drug-likeness (QED) is 0.597. The van der Waals surface area contributed by atoms with Crippen LogP contribution < -0.4 is 5.32 Å². The van der Waals surface area contributed by atoms with Crippen LogP contribution in [0.3, 0.4) is 0 Å². The van der Waals surface area contributed by atoms with Gasteiger partial charge in [0.25, 0.3) is 11.8 Å². The van der Waals surface area contributed by atoms with Gasteiger partial charge in [-0.15, -0.1) is 11.3 Å². The summed E-state index contributed by atoms with van der Waals surface area (Å²) in [6, 6.07) is 5.54. The number of likely N-dealkylation sites (tertiary alicyclic amines) is 1. The first-order valence-electron chi connectivity index (χ1n) is 11.0. The Bertz CT molecular complexity index is 1230. The summed E-state index contributed by atoms with van der Waals surface area (Å²) in [5.41, 5.74) is 2.77. The number of piperidine rings is 1. The summed E-state index contributed by atoms with van der Waals surface area (Å²) in [5.74, 6) is 5.93. The summed E-state index contributed by atoms with van der Waals surface area (Å²) in [6.07, 6.45) is 3.98. The highest BCUT2D eigenvalue weighted by Gasteiger charge is 2.26. The van der Waals surface area contributed by atoms with Gasteiger partial charge in [0.2, 0.25) is 0 Å². The smallest absolute Gasteiger partial charge is 0.298 e. The summed E-state index contributed by atoms with van der Waals surface area (Å²) in [7, 11) is 0. The van der Waals surface area contributed by atoms with E-state index in [0.717, 1.165) is 29.2 Å². The van der Waals surface area contributed by atoms with Gasteiger partial charge in [-0.3, -0.25) is 9.59 Å². The Hall–Kier alpha value is -3.51. The summed E-state index contributed by atoms with van der Waals surface area (Å²) < 4.78 is 1.72. The van der Waals surface area contributed by atoms with E-state index in [4.69, 9.17) is 0 Å². The van der Waals surface area contributed by atoms with Gasteiger partial charge in [-0.2, -0.15) is 5.10 Å². The van der Waals surface area contributed by atoms with E-state index in [1.54, 1.807) is 33.3 Å². The lowest BCUT2D eigenvalue weighted by Gasteiger charge is -2.29. The first kappa shape index (κ1) is 22.7. The zero-order chi connectivity index (χ0) is 23.4. The maximum atomic E-state index is 12.9. The Kier molecular flexibility index (Phi) is 6.84. The van der Waals surface area contributed by atoms with Gasteiger partial charge in [0, 0.05) is 42.7 Å². The van der Waals surface area contributed by atoms with Gasteiger partial charge in [0.05, 0.1) is 16.4 Å². The second-order valence-electron chi connectivity index (χ2n) is 7.96. The van der Waals surface area contributed by atoms with Crippen molar-refractivity contribution < 1.29 is 9.59 Å². The fraction of sp³-hybridized carbons (Fsp3) is 0.375. The predicted molar refractivity (Wildman–Crippen MR) is 128 cm³/mol. The van der Waals surface area contributed by atoms with Gasteiger partial charge in [0.15, 0.2) is 5.82 Å². The molecule has 1 N–H and O–H groups in total. The number of hydrogen-bond acceptors (Lipinski definition) is 6. The van der Waals surface area contributed by atoms with Crippen LogP contribution in [0.1, 0.15) is 59.0 Å². The standard InChI is InChI=1S/C24H26N6O2S/c1-4-5-8-21(31)29-12-9-18(10-13-29)24-27-20(15-33-24)23(32)26-19-7-6-11-25-22(19)30-17(3)14-16(2)28-30/h6-7,11,14-15,18H,4,9-10,12-13H2,1-3H3,(H,26,32). The molecule has 2 amide bonds. The number of nitrogens with zero attached hydrogens (tertiary/aromatic N) is 5. The number of rotatable bonds is 4. The zero-order valence-electron chi connectivity index (χ0n) is 19.0. The highest BCUT2D eigenvalue weighted by molar-refractivity contribution is 7.10. The maximum Gasteiger partial charge on any atom is 0.298 e. The molecule has 4 rings (SSSR count). The van der Waals surface area contributed by atoms with Crippen LogP contribution >= 0.6 is 11.3 Å². The van der Waals surface area contributed by atoms with E-state index in [1.807, 2.05) is 26.8 Å². The van der Waals surface area contributed by atoms with Crippen LogP contribution in [-0.4, -0.2) is 49.6 Å². The van der Waals surface area contributed by atoms with Crippen molar-refractivity contribution in [3.8, 4) is 17.7 Å². The molecule has 0 unspecified atom stereocenters. The minimum atomic E-state index is -0.282. The highest BCUT2D eigenvalue weighted by atomic mass is 32.1. The van der Waals surface area contributed by atoms with E-state index >= 15 is 0 Å². The van der Waals surface area contributed by atoms with Crippen molar-refractivity contribution in [3.05, 3.63) is 51.9 Å². The molecule has 3 aromatic rings. The Morgan fingerprint density at radius 1 is 1.27 bits per heavy atom. The summed E-state index contributed by atoms with van der Waals surface area (Å²) >= 11 is 1.49. The molecular weight excluding hydrogens is 436 g/mol. The number of hydrogen-bond donors (Lipinski definition) is 1. The molecule has 9 heteroatoms. The lowest BCUT2D eigenvalue weighted by molar-refractivity contribution is -0.126. The van der Waals surface area contributed by atoms with Crippen molar-refractivity contribution in [1.29, 1.82) is 0 Å². The molecule has 1 fully saturated rings. The number of anilines is 1. The van der Waals surface area contributed by atoms with Crippen molar-refractivity contribution in [1.82, 2.24) is 24.6 Å². The van der Waals surface area contributed by atoms with Crippen molar-refractivity contribution in [2.24, 2.45) is 0 Å². The monoisotopic (exact) mass is 462 g/mol. The Balaban J connectivity index is 1.43. The third-order valence-electron chi connectivity index (χ3n) is 5.50. The molecule has 0 atom stereocenters. The minimum Gasteiger partial charge on any atom is -0.332 e. The fourth-order valence-corrected chi connectivity index (χ4v) is 4.82. The van der Waals surface area contributed by atoms with Gasteiger partial charge in [-0.05, 0) is 50.8 Å². The lowest BCUT2D eigenvalue weighted by atomic mass is 9.97. The van der Waals surface area contributed by atoms with Crippen molar-refractivity contribution in [2.75, 3.05) is 18.4 Å². The first-order valence-corrected chi connectivity index (χ1v) is 11.9. The molecule has 0 radical (unpaired) electrons. The SMILES string of the molecule is CCC#CC(=O)N1CCC(c2nc(C(=O)Nc3cccnc3-n3nc(C)cc3C)cs2)CC1. The molecule has 4 heterocycles. The second-order valence-corrected chi connectivity index (χ2v) is 8.85. The summed E-state index contributed by atoms with van der Waals surface area (Å²) in [5, 5.41) is 10.1. The topological polar surface area (TPSA) is 93.0 Å². The number of pyridine rings is 1. The molecule has 0 aliphatic carbocycles. The van der Waals surface area contributed by atoms with Crippen LogP contribution in [-0.2, 0) is 4.79 Å². The molecule has 0 spiro atoms. The lowest BCUT2D eigenvalue weighted by Crippen LogP contribution is -2.37. The summed E-state index contributed by atoms with van der Waals surface area (Å²) in [6.45, 7) is 7.11. The van der Waals surface area contributed by atoms with E-state index in [9.17, 15) is 9.59 Å². The zero-order valence-corrected chi connectivity index (χ0v) is 19.8. The van der Waals surface area contributed by atoms with Gasteiger partial charge in [-0.25, -0.2) is 14.6 Å². The second kappa shape index (κ2) is 9.96. The fourth-order valence-electron chi connectivity index (χ4n) is 3.84. The van der Waals surface area contributed by atoms with Gasteiger partial charge >= 0.3 is 0 Å². The number of aromatic nitrogens is 4. The van der Waals surface area contributed by atoms with E-state index in [1.165, 1.54) is 11.3 Å². The average Bonchev–Trinajstić information content (AvgIpc) is 3.44. The molecule has 0 aromatic carbocycles. The molecular formula is C24H26N6O2S. The van der Waals surface area contributed by atoms with Crippen LogP contribution in [0.5, 0.6) is 0 Å². The summed E-state index contributed by atoms with van der Waals surface area (Å²) in [4.78, 5) is 35.8. The Morgan fingerprint density at radius 3 is 2.76 bits per heavy atom. The number of thiazole rings is 1. The van der Waals surface area contributed by atoms with E-state index in [-0.39, 0.29) is 17.7 Å². The molecule has 1 aliphatic heterocycles. The average molecular weight is 463 g/mol. The van der Waals surface area contributed by atoms with Crippen molar-refractivity contribution in [3.63, 3.8) is 0 Å². The minimum absolute atomic E-state index is 0.107. The molecule has 170 valence electrons. The molecule has 0 saturated carbocycles. The maximum absolute atomic E-state index is 12.9.